The molecule has 7 heteroatoms. The van der Waals surface area contributed by atoms with Crippen LogP contribution in [-0.4, -0.2) is 29.3 Å². The number of carbonyl (C=O) groups excluding carboxylic acids is 3. The maximum atomic E-state index is 13.4. The minimum atomic E-state index is -0.457. The number of halogens is 1. The van der Waals surface area contributed by atoms with Crippen molar-refractivity contribution in [1.29, 1.82) is 0 Å². The van der Waals surface area contributed by atoms with Crippen LogP contribution in [0.2, 0.25) is 0 Å². The zero-order valence-corrected chi connectivity index (χ0v) is 15.5. The van der Waals surface area contributed by atoms with Crippen LogP contribution in [0.3, 0.4) is 0 Å². The minimum absolute atomic E-state index is 0.225. The standard InChI is InChI=1S/C22H19FN2O4/c23-15-7-9-16(10-8-15)24(20(26)12-11-17-4-3-13-29-17)14-25-21(27)18-5-1-2-6-19(18)22(25)28/h1-4,7-13,18-19H,5-6,14H2/b12-11+. The molecule has 148 valence electrons. The lowest BCUT2D eigenvalue weighted by molar-refractivity contribution is -0.140. The SMILES string of the molecule is O=C1C2CC=CCC2C(=O)N1CN(C(=O)/C=C/c1ccco1)c1ccc(F)cc1. The predicted octanol–water partition coefficient (Wildman–Crippen LogP) is 3.37. The fraction of sp³-hybridized carbons (Fsp3) is 0.227. The first-order chi connectivity index (χ1) is 14.0. The molecule has 0 N–H and O–H groups in total. The van der Waals surface area contributed by atoms with Crippen molar-refractivity contribution in [2.24, 2.45) is 11.8 Å². The summed E-state index contributed by atoms with van der Waals surface area (Å²) in [6.07, 6.45) is 9.14. The van der Waals surface area contributed by atoms with E-state index in [9.17, 15) is 18.8 Å². The Morgan fingerprint density at radius 1 is 1.10 bits per heavy atom. The van der Waals surface area contributed by atoms with Crippen molar-refractivity contribution in [2.75, 3.05) is 11.6 Å². The molecule has 2 atom stereocenters. The minimum Gasteiger partial charge on any atom is -0.465 e. The van der Waals surface area contributed by atoms with Gasteiger partial charge < -0.3 is 4.42 Å². The molecule has 2 aromatic rings. The van der Waals surface area contributed by atoms with Gasteiger partial charge in [-0.25, -0.2) is 4.39 Å². The number of nitrogens with zero attached hydrogens (tertiary/aromatic N) is 2. The molecule has 1 aliphatic heterocycles. The Labute approximate surface area is 166 Å². The van der Waals surface area contributed by atoms with Crippen LogP contribution in [-0.2, 0) is 14.4 Å². The first-order valence-corrected chi connectivity index (χ1v) is 9.33. The summed E-state index contributed by atoms with van der Waals surface area (Å²) in [5.74, 6) is -1.73. The molecule has 1 aromatic heterocycles. The maximum absolute atomic E-state index is 13.4. The summed E-state index contributed by atoms with van der Waals surface area (Å²) in [4.78, 5) is 40.8. The lowest BCUT2D eigenvalue weighted by Gasteiger charge is -2.26. The van der Waals surface area contributed by atoms with Crippen LogP contribution < -0.4 is 4.90 Å². The van der Waals surface area contributed by atoms with Gasteiger partial charge in [0.15, 0.2) is 0 Å². The molecule has 1 aromatic carbocycles. The van der Waals surface area contributed by atoms with E-state index in [0.717, 1.165) is 4.90 Å². The Morgan fingerprint density at radius 3 is 2.34 bits per heavy atom. The number of amides is 3. The second kappa shape index (κ2) is 7.87. The highest BCUT2D eigenvalue weighted by molar-refractivity contribution is 6.08. The zero-order valence-electron chi connectivity index (χ0n) is 15.5. The number of furan rings is 1. The first kappa shape index (κ1) is 18.9. The van der Waals surface area contributed by atoms with Crippen molar-refractivity contribution < 1.29 is 23.2 Å². The Bertz CT molecular complexity index is 953. The normalized spacial score (nSPS) is 21.1. The second-order valence-electron chi connectivity index (χ2n) is 6.99. The van der Waals surface area contributed by atoms with E-state index in [1.807, 2.05) is 12.2 Å². The van der Waals surface area contributed by atoms with E-state index in [0.29, 0.717) is 24.3 Å². The van der Waals surface area contributed by atoms with E-state index in [-0.39, 0.29) is 30.3 Å². The summed E-state index contributed by atoms with van der Waals surface area (Å²) in [5, 5.41) is 0. The van der Waals surface area contributed by atoms with Crippen molar-refractivity contribution in [3.63, 3.8) is 0 Å². The highest BCUT2D eigenvalue weighted by Crippen LogP contribution is 2.35. The molecule has 0 bridgehead atoms. The van der Waals surface area contributed by atoms with Gasteiger partial charge in [-0.05, 0) is 55.3 Å². The van der Waals surface area contributed by atoms with E-state index < -0.39 is 11.7 Å². The molecule has 1 saturated heterocycles. The number of hydrogen-bond acceptors (Lipinski definition) is 4. The number of rotatable bonds is 5. The number of fused-ring (bicyclic) bond motifs is 1. The van der Waals surface area contributed by atoms with E-state index in [1.54, 1.807) is 12.1 Å². The molecule has 2 unspecified atom stereocenters. The maximum Gasteiger partial charge on any atom is 0.252 e. The Morgan fingerprint density at radius 2 is 1.76 bits per heavy atom. The summed E-state index contributed by atoms with van der Waals surface area (Å²) in [5.41, 5.74) is 0.383. The van der Waals surface area contributed by atoms with Gasteiger partial charge in [-0.1, -0.05) is 12.2 Å². The van der Waals surface area contributed by atoms with Crippen LogP contribution >= 0.6 is 0 Å². The third-order valence-corrected chi connectivity index (χ3v) is 5.22. The summed E-state index contributed by atoms with van der Waals surface area (Å²) in [6.45, 7) is -0.225. The predicted molar refractivity (Wildman–Crippen MR) is 104 cm³/mol. The molecule has 1 aliphatic carbocycles. The summed E-state index contributed by atoms with van der Waals surface area (Å²) in [6, 6.07) is 8.71. The van der Waals surface area contributed by atoms with Crippen molar-refractivity contribution in [2.45, 2.75) is 12.8 Å². The van der Waals surface area contributed by atoms with Crippen molar-refractivity contribution in [1.82, 2.24) is 4.90 Å². The molecule has 2 heterocycles. The number of benzene rings is 1. The quantitative estimate of drug-likeness (QED) is 0.443. The van der Waals surface area contributed by atoms with E-state index in [1.165, 1.54) is 47.6 Å². The van der Waals surface area contributed by atoms with Crippen LogP contribution in [0.1, 0.15) is 18.6 Å². The first-order valence-electron chi connectivity index (χ1n) is 9.33. The summed E-state index contributed by atoms with van der Waals surface area (Å²) < 4.78 is 18.5. The number of likely N-dealkylation sites (tertiary alicyclic amines) is 1. The van der Waals surface area contributed by atoms with Gasteiger partial charge in [0.05, 0.1) is 18.1 Å². The van der Waals surface area contributed by atoms with Crippen LogP contribution in [0.15, 0.2) is 65.3 Å². The molecule has 0 radical (unpaired) electrons. The summed E-state index contributed by atoms with van der Waals surface area (Å²) >= 11 is 0. The smallest absolute Gasteiger partial charge is 0.252 e. The second-order valence-corrected chi connectivity index (χ2v) is 6.99. The average Bonchev–Trinajstić information content (AvgIpc) is 3.34. The van der Waals surface area contributed by atoms with Crippen LogP contribution in [0.5, 0.6) is 0 Å². The Balaban J connectivity index is 1.60. The van der Waals surface area contributed by atoms with Crippen molar-refractivity contribution >= 4 is 29.5 Å². The van der Waals surface area contributed by atoms with Gasteiger partial charge in [0, 0.05) is 11.8 Å². The fourth-order valence-corrected chi connectivity index (χ4v) is 3.68. The molecule has 0 spiro atoms. The number of carbonyl (C=O) groups is 3. The number of imide groups is 1. The average molecular weight is 394 g/mol. The largest absolute Gasteiger partial charge is 0.465 e. The van der Waals surface area contributed by atoms with Crippen molar-refractivity contribution in [3.8, 4) is 0 Å². The van der Waals surface area contributed by atoms with Crippen LogP contribution in [0.4, 0.5) is 10.1 Å². The Hall–Kier alpha value is -3.48. The van der Waals surface area contributed by atoms with Gasteiger partial charge in [0.1, 0.15) is 18.2 Å². The van der Waals surface area contributed by atoms with Gasteiger partial charge in [-0.2, -0.15) is 0 Å². The number of allylic oxidation sites excluding steroid dienone is 2. The topological polar surface area (TPSA) is 70.8 Å². The van der Waals surface area contributed by atoms with Gasteiger partial charge in [0.25, 0.3) is 5.91 Å². The molecule has 4 rings (SSSR count). The van der Waals surface area contributed by atoms with Crippen LogP contribution in [0, 0.1) is 17.7 Å². The fourth-order valence-electron chi connectivity index (χ4n) is 3.68. The highest BCUT2D eigenvalue weighted by Gasteiger charge is 2.47. The Kier molecular flexibility index (Phi) is 5.12. The lowest BCUT2D eigenvalue weighted by Crippen LogP contribution is -2.44. The molecule has 3 amide bonds. The third-order valence-electron chi connectivity index (χ3n) is 5.22. The number of hydrogen-bond donors (Lipinski definition) is 0. The highest BCUT2D eigenvalue weighted by atomic mass is 19.1. The molecular weight excluding hydrogens is 375 g/mol. The van der Waals surface area contributed by atoms with Crippen LogP contribution in [0.25, 0.3) is 6.08 Å². The molecule has 2 aliphatic rings. The zero-order chi connectivity index (χ0) is 20.4. The lowest BCUT2D eigenvalue weighted by atomic mass is 9.85. The molecule has 6 nitrogen and oxygen atoms in total. The molecule has 29 heavy (non-hydrogen) atoms. The van der Waals surface area contributed by atoms with E-state index >= 15 is 0 Å². The van der Waals surface area contributed by atoms with Crippen molar-refractivity contribution in [3.05, 3.63) is 72.5 Å². The summed E-state index contributed by atoms with van der Waals surface area (Å²) in [7, 11) is 0. The van der Waals surface area contributed by atoms with Gasteiger partial charge >= 0.3 is 0 Å². The molecular formula is C22H19FN2O4. The van der Waals surface area contributed by atoms with Gasteiger partial charge in [-0.15, -0.1) is 0 Å². The number of anilines is 1. The van der Waals surface area contributed by atoms with E-state index in [4.69, 9.17) is 4.42 Å². The third kappa shape index (κ3) is 3.76. The monoisotopic (exact) mass is 394 g/mol. The van der Waals surface area contributed by atoms with Gasteiger partial charge in [0.2, 0.25) is 11.8 Å². The molecule has 1 fully saturated rings. The molecule has 0 saturated carbocycles. The van der Waals surface area contributed by atoms with E-state index in [2.05, 4.69) is 0 Å². The van der Waals surface area contributed by atoms with Gasteiger partial charge in [-0.3, -0.25) is 24.2 Å².